The van der Waals surface area contributed by atoms with Gasteiger partial charge in [0.05, 0.1) is 31.1 Å². The Morgan fingerprint density at radius 2 is 1.00 bits per heavy atom. The zero-order valence-corrected chi connectivity index (χ0v) is 34.0. The fraction of sp³-hybridized carbons (Fsp3) is 0.595. The molecule has 0 saturated heterocycles. The van der Waals surface area contributed by atoms with Crippen LogP contribution in [0.4, 0.5) is 0 Å². The molecule has 59 heavy (non-hydrogen) atoms. The Hall–Kier alpha value is -3.37. The van der Waals surface area contributed by atoms with Crippen LogP contribution in [0.5, 0.6) is 11.5 Å². The highest BCUT2D eigenvalue weighted by Gasteiger charge is 2.31. The molecule has 330 valence electrons. The van der Waals surface area contributed by atoms with Crippen molar-refractivity contribution in [2.75, 3.05) is 45.9 Å². The Morgan fingerprint density at radius 1 is 0.576 bits per heavy atom. The maximum Gasteiger partial charge on any atom is 0.124 e. The van der Waals surface area contributed by atoms with Crippen molar-refractivity contribution in [1.82, 2.24) is 25.4 Å². The van der Waals surface area contributed by atoms with Gasteiger partial charge in [-0.05, 0) is 51.9 Å². The van der Waals surface area contributed by atoms with Crippen molar-refractivity contribution in [3.63, 3.8) is 0 Å². The van der Waals surface area contributed by atoms with Crippen LogP contribution in [0.2, 0.25) is 0 Å². The summed E-state index contributed by atoms with van der Waals surface area (Å²) < 4.78 is 0. The number of aryl methyl sites for hydroxylation is 2. The molecule has 0 fully saturated rings. The fourth-order valence-corrected chi connectivity index (χ4v) is 7.35. The normalized spacial score (nSPS) is 18.8. The number of aromatic nitrogens is 1. The maximum atomic E-state index is 11.4. The Kier molecular flexibility index (Phi) is 19.3. The molecule has 0 aliphatic carbocycles. The van der Waals surface area contributed by atoms with Crippen LogP contribution in [0.3, 0.4) is 0 Å². The Morgan fingerprint density at radius 3 is 1.49 bits per heavy atom. The average Bonchev–Trinajstić information content (AvgIpc) is 3.22. The second kappa shape index (κ2) is 23.6. The number of aliphatic hydroxyl groups is 10. The van der Waals surface area contributed by atoms with Gasteiger partial charge in [0.1, 0.15) is 48.1 Å². The third-order valence-corrected chi connectivity index (χ3v) is 10.7. The largest absolute Gasteiger partial charge is 0.507 e. The van der Waals surface area contributed by atoms with Crippen molar-refractivity contribution in [1.29, 1.82) is 0 Å². The molecule has 3 aromatic rings. The van der Waals surface area contributed by atoms with Gasteiger partial charge in [0.2, 0.25) is 0 Å². The first-order valence-electron chi connectivity index (χ1n) is 20.2. The number of phenols is 2. The van der Waals surface area contributed by atoms with E-state index in [2.05, 4.69) is 20.4 Å². The van der Waals surface area contributed by atoms with Gasteiger partial charge in [0.25, 0.3) is 0 Å². The van der Waals surface area contributed by atoms with E-state index in [4.69, 9.17) is 15.2 Å². The van der Waals surface area contributed by atoms with Crippen molar-refractivity contribution in [3.8, 4) is 11.5 Å². The third kappa shape index (κ3) is 14.4. The summed E-state index contributed by atoms with van der Waals surface area (Å²) in [6.45, 7) is 6.04. The predicted octanol–water partition coefficient (Wildman–Crippen LogP) is -2.00. The fourth-order valence-electron chi connectivity index (χ4n) is 7.35. The Balaban J connectivity index is 1.40. The van der Waals surface area contributed by atoms with E-state index in [0.717, 1.165) is 59.6 Å². The Bertz CT molecular complexity index is 1740. The zero-order valence-electron chi connectivity index (χ0n) is 34.0. The number of rotatable bonds is 20. The molecule has 8 atom stereocenters. The highest BCUT2D eigenvalue weighted by atomic mass is 16.4. The standard InChI is InChI=1S/C42H65N5O12/c1-25-12-27(16-43-18-33(50)39(56)41(58)35(52)23-48)37(54)29(14-25)20-46-9-3-4-10-47(22-32-7-5-6-31(45-32)8-11-46)21-30-15-26(2)13-28(38(30)55)17-44-19-34(51)40(57)42(59)36(53)24-49/h5-7,12-15,33-36,39-44,48-59H,3-4,8-11,16-24H2,1-2H3. The zero-order chi connectivity index (χ0) is 43.2. The first-order valence-corrected chi connectivity index (χ1v) is 20.2. The molecular formula is C42H65N5O12. The number of hydrogen-bond donors (Lipinski definition) is 14. The second-order valence-electron chi connectivity index (χ2n) is 15.8. The first kappa shape index (κ1) is 48.3. The molecule has 1 aliphatic heterocycles. The summed E-state index contributed by atoms with van der Waals surface area (Å²) in [7, 11) is 0. The minimum absolute atomic E-state index is 0.103. The molecule has 8 unspecified atom stereocenters. The second-order valence-corrected chi connectivity index (χ2v) is 15.8. The van der Waals surface area contributed by atoms with Crippen LogP contribution in [0.1, 0.15) is 57.6 Å². The number of hydrogen-bond acceptors (Lipinski definition) is 17. The van der Waals surface area contributed by atoms with E-state index in [1.807, 2.05) is 56.3 Å². The summed E-state index contributed by atoms with van der Waals surface area (Å²) >= 11 is 0. The van der Waals surface area contributed by atoms with Gasteiger partial charge in [-0.15, -0.1) is 0 Å². The smallest absolute Gasteiger partial charge is 0.124 e. The van der Waals surface area contributed by atoms with E-state index in [9.17, 15) is 51.1 Å². The lowest BCUT2D eigenvalue weighted by molar-refractivity contribution is -0.114. The summed E-state index contributed by atoms with van der Waals surface area (Å²) in [5.74, 6) is 0.218. The Labute approximate surface area is 345 Å². The quantitative estimate of drug-likeness (QED) is 0.0586. The van der Waals surface area contributed by atoms with E-state index >= 15 is 0 Å². The highest BCUT2D eigenvalue weighted by Crippen LogP contribution is 2.28. The SMILES string of the molecule is Cc1cc(CNCC(O)C(O)C(O)C(O)CO)c(O)c(CN2CCCCN(Cc3cc(C)cc(CNCC(O)C(O)C(O)C(O)CO)c3O)Cc3cccc(n3)CC2)c1. The van der Waals surface area contributed by atoms with Crippen LogP contribution < -0.4 is 10.6 Å². The summed E-state index contributed by atoms with van der Waals surface area (Å²) in [6.07, 6.45) is -10.5. The van der Waals surface area contributed by atoms with E-state index in [1.54, 1.807) is 0 Å². The van der Waals surface area contributed by atoms with Crippen molar-refractivity contribution < 1.29 is 61.3 Å². The van der Waals surface area contributed by atoms with Crippen LogP contribution in [0.15, 0.2) is 42.5 Å². The molecule has 17 heteroatoms. The lowest BCUT2D eigenvalue weighted by Crippen LogP contribution is -2.48. The van der Waals surface area contributed by atoms with Crippen LogP contribution in [0, 0.1) is 13.8 Å². The van der Waals surface area contributed by atoms with E-state index < -0.39 is 62.0 Å². The molecule has 0 spiro atoms. The monoisotopic (exact) mass is 831 g/mol. The lowest BCUT2D eigenvalue weighted by Gasteiger charge is -2.27. The number of aliphatic hydroxyl groups excluding tert-OH is 10. The number of benzene rings is 2. The summed E-state index contributed by atoms with van der Waals surface area (Å²) in [4.78, 5) is 9.49. The minimum Gasteiger partial charge on any atom is -0.507 e. The van der Waals surface area contributed by atoms with Crippen molar-refractivity contribution >= 4 is 0 Å². The first-order chi connectivity index (χ1) is 28.1. The van der Waals surface area contributed by atoms with Gasteiger partial charge in [0, 0.05) is 86.7 Å². The molecule has 2 aromatic carbocycles. The molecule has 1 aromatic heterocycles. The maximum absolute atomic E-state index is 11.4. The third-order valence-electron chi connectivity index (χ3n) is 10.7. The van der Waals surface area contributed by atoms with Crippen molar-refractivity contribution in [2.45, 2.75) is 115 Å². The molecule has 1 aliphatic rings. The number of fused-ring (bicyclic) bond motifs is 2. The molecule has 17 nitrogen and oxygen atoms in total. The predicted molar refractivity (Wildman–Crippen MR) is 218 cm³/mol. The summed E-state index contributed by atoms with van der Waals surface area (Å²) in [5.41, 5.74) is 6.33. The highest BCUT2D eigenvalue weighted by molar-refractivity contribution is 5.44. The van der Waals surface area contributed by atoms with Gasteiger partial charge in [0.15, 0.2) is 0 Å². The van der Waals surface area contributed by atoms with Crippen LogP contribution in [-0.4, -0.2) is 171 Å². The van der Waals surface area contributed by atoms with E-state index in [-0.39, 0.29) is 37.7 Å². The van der Waals surface area contributed by atoms with Gasteiger partial charge < -0.3 is 71.9 Å². The van der Waals surface area contributed by atoms with Gasteiger partial charge >= 0.3 is 0 Å². The molecule has 0 amide bonds. The van der Waals surface area contributed by atoms with Crippen LogP contribution >= 0.6 is 0 Å². The molecule has 2 heterocycles. The molecule has 14 N–H and O–H groups in total. The molecule has 4 rings (SSSR count). The average molecular weight is 832 g/mol. The number of aromatic hydroxyl groups is 2. The number of nitrogens with one attached hydrogen (secondary N) is 2. The minimum atomic E-state index is -1.73. The molecule has 0 radical (unpaired) electrons. The van der Waals surface area contributed by atoms with Crippen LogP contribution in [0.25, 0.3) is 0 Å². The molecular weight excluding hydrogens is 766 g/mol. The van der Waals surface area contributed by atoms with Gasteiger partial charge in [-0.2, -0.15) is 0 Å². The van der Waals surface area contributed by atoms with Crippen molar-refractivity contribution in [3.05, 3.63) is 87.2 Å². The van der Waals surface area contributed by atoms with E-state index in [0.29, 0.717) is 43.7 Å². The number of nitrogens with zero attached hydrogens (tertiary/aromatic N) is 3. The lowest BCUT2D eigenvalue weighted by atomic mass is 10.0. The number of phenolic OH excluding ortho intramolecular Hbond substituents is 2. The topological polar surface area (TPSA) is 286 Å². The molecule has 2 bridgehead atoms. The number of pyridine rings is 1. The van der Waals surface area contributed by atoms with Crippen LogP contribution in [-0.2, 0) is 39.1 Å². The summed E-state index contributed by atoms with van der Waals surface area (Å²) in [5, 5.41) is 127. The van der Waals surface area contributed by atoms with Crippen molar-refractivity contribution in [2.24, 2.45) is 0 Å². The summed E-state index contributed by atoms with van der Waals surface area (Å²) in [6, 6.07) is 13.5. The van der Waals surface area contributed by atoms with E-state index in [1.165, 1.54) is 0 Å². The van der Waals surface area contributed by atoms with Gasteiger partial charge in [-0.25, -0.2) is 0 Å². The van der Waals surface area contributed by atoms with Gasteiger partial charge in [-0.3, -0.25) is 14.8 Å². The van der Waals surface area contributed by atoms with Gasteiger partial charge in [-0.1, -0.05) is 41.5 Å². The molecule has 0 saturated carbocycles.